The summed E-state index contributed by atoms with van der Waals surface area (Å²) in [6.45, 7) is 0.537. The molecule has 0 saturated carbocycles. The van der Waals surface area contributed by atoms with Gasteiger partial charge in [-0.2, -0.15) is 0 Å². The van der Waals surface area contributed by atoms with Crippen LogP contribution < -0.4 is 5.56 Å². The second kappa shape index (κ2) is 5.53. The van der Waals surface area contributed by atoms with Crippen LogP contribution in [0, 0.1) is 5.82 Å². The summed E-state index contributed by atoms with van der Waals surface area (Å²) in [5.41, 5.74) is 0.997. The molecule has 1 aliphatic heterocycles. The Labute approximate surface area is 131 Å². The Morgan fingerprint density at radius 3 is 2.95 bits per heavy atom. The summed E-state index contributed by atoms with van der Waals surface area (Å²) in [6, 6.07) is 4.32. The third kappa shape index (κ3) is 2.39. The lowest BCUT2D eigenvalue weighted by Crippen LogP contribution is -2.40. The SMILES string of the molecule is Cn1cnc2c(c1=O)CCN(C(=O)c1cccc(Cl)c1F)C2. The van der Waals surface area contributed by atoms with Crippen LogP contribution in [0.2, 0.25) is 5.02 Å². The van der Waals surface area contributed by atoms with E-state index in [9.17, 15) is 14.0 Å². The molecule has 0 atom stereocenters. The predicted octanol–water partition coefficient (Wildman–Crippen LogP) is 1.77. The molecule has 7 heteroatoms. The second-order valence-corrected chi connectivity index (χ2v) is 5.57. The summed E-state index contributed by atoms with van der Waals surface area (Å²) in [5, 5.41) is -0.0877. The third-order valence-electron chi connectivity index (χ3n) is 3.76. The topological polar surface area (TPSA) is 55.2 Å². The minimum Gasteiger partial charge on any atom is -0.332 e. The van der Waals surface area contributed by atoms with Gasteiger partial charge in [-0.15, -0.1) is 0 Å². The molecule has 0 saturated heterocycles. The zero-order chi connectivity index (χ0) is 15.9. The average molecular weight is 322 g/mol. The van der Waals surface area contributed by atoms with Crippen LogP contribution in [0.3, 0.4) is 0 Å². The van der Waals surface area contributed by atoms with Gasteiger partial charge in [-0.25, -0.2) is 9.37 Å². The number of fused-ring (bicyclic) bond motifs is 1. The molecule has 0 N–H and O–H groups in total. The first-order chi connectivity index (χ1) is 10.5. The van der Waals surface area contributed by atoms with Crippen molar-refractivity contribution >= 4 is 17.5 Å². The fraction of sp³-hybridized carbons (Fsp3) is 0.267. The number of halogens is 2. The van der Waals surface area contributed by atoms with E-state index in [1.54, 1.807) is 7.05 Å². The van der Waals surface area contributed by atoms with E-state index in [1.807, 2.05) is 0 Å². The Kier molecular flexibility index (Phi) is 3.70. The van der Waals surface area contributed by atoms with E-state index >= 15 is 0 Å². The summed E-state index contributed by atoms with van der Waals surface area (Å²) in [4.78, 5) is 30.1. The number of carbonyl (C=O) groups excluding carboxylic acids is 1. The summed E-state index contributed by atoms with van der Waals surface area (Å²) in [6.07, 6.45) is 1.83. The maximum Gasteiger partial charge on any atom is 0.257 e. The van der Waals surface area contributed by atoms with E-state index in [1.165, 1.54) is 34.0 Å². The Morgan fingerprint density at radius 2 is 2.18 bits per heavy atom. The number of hydrogen-bond donors (Lipinski definition) is 0. The monoisotopic (exact) mass is 321 g/mol. The molecule has 2 heterocycles. The van der Waals surface area contributed by atoms with Gasteiger partial charge in [-0.3, -0.25) is 9.59 Å². The van der Waals surface area contributed by atoms with Gasteiger partial charge < -0.3 is 9.47 Å². The van der Waals surface area contributed by atoms with Crippen molar-refractivity contribution in [1.29, 1.82) is 0 Å². The average Bonchev–Trinajstić information content (AvgIpc) is 2.53. The first-order valence-electron chi connectivity index (χ1n) is 6.75. The van der Waals surface area contributed by atoms with Crippen LogP contribution in [0.4, 0.5) is 4.39 Å². The van der Waals surface area contributed by atoms with Gasteiger partial charge in [0, 0.05) is 19.2 Å². The van der Waals surface area contributed by atoms with Crippen molar-refractivity contribution in [3.8, 4) is 0 Å². The normalized spacial score (nSPS) is 13.9. The molecule has 1 aliphatic rings. The Morgan fingerprint density at radius 1 is 1.41 bits per heavy atom. The van der Waals surface area contributed by atoms with Gasteiger partial charge >= 0.3 is 0 Å². The highest BCUT2D eigenvalue weighted by Gasteiger charge is 2.26. The van der Waals surface area contributed by atoms with E-state index in [0.717, 1.165) is 0 Å². The Bertz CT molecular complexity index is 819. The molecule has 1 aromatic carbocycles. The van der Waals surface area contributed by atoms with Gasteiger partial charge in [0.25, 0.3) is 11.5 Å². The van der Waals surface area contributed by atoms with Crippen LogP contribution in [0.5, 0.6) is 0 Å². The summed E-state index contributed by atoms with van der Waals surface area (Å²) in [7, 11) is 1.63. The van der Waals surface area contributed by atoms with Gasteiger partial charge in [0.1, 0.15) is 0 Å². The predicted molar refractivity (Wildman–Crippen MR) is 79.3 cm³/mol. The third-order valence-corrected chi connectivity index (χ3v) is 4.05. The fourth-order valence-corrected chi connectivity index (χ4v) is 2.70. The van der Waals surface area contributed by atoms with Crippen LogP contribution in [0.15, 0.2) is 29.3 Å². The summed E-state index contributed by atoms with van der Waals surface area (Å²) in [5.74, 6) is -1.18. The quantitative estimate of drug-likeness (QED) is 0.804. The summed E-state index contributed by atoms with van der Waals surface area (Å²) < 4.78 is 15.4. The lowest BCUT2D eigenvalue weighted by Gasteiger charge is -2.28. The molecule has 5 nitrogen and oxygen atoms in total. The van der Waals surface area contributed by atoms with Gasteiger partial charge in [-0.1, -0.05) is 17.7 Å². The van der Waals surface area contributed by atoms with Crippen molar-refractivity contribution < 1.29 is 9.18 Å². The van der Waals surface area contributed by atoms with E-state index in [4.69, 9.17) is 11.6 Å². The molecule has 0 unspecified atom stereocenters. The molecule has 22 heavy (non-hydrogen) atoms. The van der Waals surface area contributed by atoms with Crippen LogP contribution >= 0.6 is 11.6 Å². The number of hydrogen-bond acceptors (Lipinski definition) is 3. The molecular weight excluding hydrogens is 309 g/mol. The maximum absolute atomic E-state index is 14.0. The van der Waals surface area contributed by atoms with Crippen molar-refractivity contribution in [3.05, 3.63) is 62.5 Å². The first kappa shape index (κ1) is 14.7. The highest BCUT2D eigenvalue weighted by atomic mass is 35.5. The molecule has 1 aromatic heterocycles. The van der Waals surface area contributed by atoms with Crippen molar-refractivity contribution in [3.63, 3.8) is 0 Å². The molecule has 0 fully saturated rings. The minimum atomic E-state index is -0.725. The lowest BCUT2D eigenvalue weighted by atomic mass is 10.1. The minimum absolute atomic E-state index is 0.0696. The second-order valence-electron chi connectivity index (χ2n) is 5.16. The molecular formula is C15H13ClFN3O2. The highest BCUT2D eigenvalue weighted by Crippen LogP contribution is 2.22. The number of aryl methyl sites for hydroxylation is 1. The van der Waals surface area contributed by atoms with Gasteiger partial charge in [-0.05, 0) is 18.6 Å². The van der Waals surface area contributed by atoms with Crippen LogP contribution in [-0.4, -0.2) is 26.9 Å². The maximum atomic E-state index is 14.0. The zero-order valence-corrected chi connectivity index (χ0v) is 12.6. The van der Waals surface area contributed by atoms with E-state index in [2.05, 4.69) is 4.98 Å². The van der Waals surface area contributed by atoms with Gasteiger partial charge in [0.15, 0.2) is 5.82 Å². The van der Waals surface area contributed by atoms with Crippen molar-refractivity contribution in [1.82, 2.24) is 14.5 Å². The largest absolute Gasteiger partial charge is 0.332 e. The van der Waals surface area contributed by atoms with Crippen molar-refractivity contribution in [2.24, 2.45) is 7.05 Å². The smallest absolute Gasteiger partial charge is 0.257 e. The van der Waals surface area contributed by atoms with Crippen LogP contribution in [0.1, 0.15) is 21.6 Å². The zero-order valence-electron chi connectivity index (χ0n) is 11.8. The number of benzene rings is 1. The number of rotatable bonds is 1. The fourth-order valence-electron chi connectivity index (χ4n) is 2.53. The molecule has 114 valence electrons. The molecule has 1 amide bonds. The molecule has 0 radical (unpaired) electrons. The molecule has 0 bridgehead atoms. The highest BCUT2D eigenvalue weighted by molar-refractivity contribution is 6.31. The number of amides is 1. The molecule has 0 aliphatic carbocycles. The number of aromatic nitrogens is 2. The Balaban J connectivity index is 1.92. The van der Waals surface area contributed by atoms with Crippen LogP contribution in [0.25, 0.3) is 0 Å². The van der Waals surface area contributed by atoms with Crippen molar-refractivity contribution in [2.45, 2.75) is 13.0 Å². The van der Waals surface area contributed by atoms with Gasteiger partial charge in [0.05, 0.1) is 29.2 Å². The summed E-state index contributed by atoms with van der Waals surface area (Å²) >= 11 is 5.71. The standard InChI is InChI=1S/C15H13ClFN3O2/c1-19-8-18-12-7-20(6-5-9(12)14(19)21)15(22)10-3-2-4-11(16)13(10)17/h2-4,8H,5-7H2,1H3. The van der Waals surface area contributed by atoms with Crippen LogP contribution in [-0.2, 0) is 20.0 Å². The van der Waals surface area contributed by atoms with E-state index in [-0.39, 0.29) is 22.7 Å². The Hall–Kier alpha value is -2.21. The lowest BCUT2D eigenvalue weighted by molar-refractivity contribution is 0.0726. The molecule has 2 aromatic rings. The number of carbonyl (C=O) groups is 1. The first-order valence-corrected chi connectivity index (χ1v) is 7.13. The molecule has 0 spiro atoms. The molecule has 3 rings (SSSR count). The van der Waals surface area contributed by atoms with E-state index in [0.29, 0.717) is 24.2 Å². The van der Waals surface area contributed by atoms with E-state index < -0.39 is 11.7 Å². The number of nitrogens with zero attached hydrogens (tertiary/aromatic N) is 3. The van der Waals surface area contributed by atoms with Crippen molar-refractivity contribution in [2.75, 3.05) is 6.54 Å². The van der Waals surface area contributed by atoms with Gasteiger partial charge in [0.2, 0.25) is 0 Å².